The second-order valence-electron chi connectivity index (χ2n) is 9.06. The van der Waals surface area contributed by atoms with Crippen molar-refractivity contribution in [3.8, 4) is 23.1 Å². The molecule has 9 nitrogen and oxygen atoms in total. The molecule has 2 fully saturated rings. The number of hydrogen-bond acceptors (Lipinski definition) is 9. The van der Waals surface area contributed by atoms with E-state index in [1.54, 1.807) is 30.6 Å². The lowest BCUT2D eigenvalue weighted by atomic mass is 10.1. The minimum Gasteiger partial charge on any atom is -0.489 e. The number of benzene rings is 1. The van der Waals surface area contributed by atoms with Crippen molar-refractivity contribution in [1.82, 2.24) is 19.9 Å². The van der Waals surface area contributed by atoms with Gasteiger partial charge in [-0.2, -0.15) is 5.26 Å². The van der Waals surface area contributed by atoms with Crippen LogP contribution in [0.3, 0.4) is 0 Å². The maximum atomic E-state index is 14.9. The summed E-state index contributed by atoms with van der Waals surface area (Å²) in [6.45, 7) is 6.05. The highest BCUT2D eigenvalue weighted by atomic mass is 19.1. The van der Waals surface area contributed by atoms with Gasteiger partial charge in [0.25, 0.3) is 0 Å². The lowest BCUT2D eigenvalue weighted by molar-refractivity contribution is 0.0183. The van der Waals surface area contributed by atoms with Gasteiger partial charge in [0.2, 0.25) is 5.95 Å². The molecular formula is C27H29FN6O3. The Morgan fingerprint density at radius 1 is 1.11 bits per heavy atom. The lowest BCUT2D eigenvalue weighted by Gasteiger charge is -2.32. The van der Waals surface area contributed by atoms with E-state index >= 15 is 0 Å². The zero-order valence-corrected chi connectivity index (χ0v) is 20.7. The summed E-state index contributed by atoms with van der Waals surface area (Å²) >= 11 is 0. The van der Waals surface area contributed by atoms with Gasteiger partial charge >= 0.3 is 0 Å². The number of anilines is 2. The molecule has 0 saturated carbocycles. The molecule has 5 rings (SSSR count). The molecule has 1 atom stereocenters. The SMILES string of the molecule is CC(c1ncc(Nc2nccc(-c3ccc(OC4CCOCC4)c(C#N)c3)n2)cc1F)N1CCOCC1. The highest BCUT2D eigenvalue weighted by Gasteiger charge is 2.23. The van der Waals surface area contributed by atoms with E-state index in [4.69, 9.17) is 14.2 Å². The summed E-state index contributed by atoms with van der Waals surface area (Å²) in [5.74, 6) is 0.464. The molecule has 2 saturated heterocycles. The van der Waals surface area contributed by atoms with E-state index in [2.05, 4.69) is 31.2 Å². The Labute approximate surface area is 215 Å². The number of hydrogen-bond donors (Lipinski definition) is 1. The number of rotatable bonds is 7. The van der Waals surface area contributed by atoms with Crippen LogP contribution in [0.15, 0.2) is 42.7 Å². The van der Waals surface area contributed by atoms with Crippen LogP contribution in [0.4, 0.5) is 16.0 Å². The first-order valence-corrected chi connectivity index (χ1v) is 12.5. The van der Waals surface area contributed by atoms with E-state index in [0.29, 0.717) is 60.8 Å². The summed E-state index contributed by atoms with van der Waals surface area (Å²) in [4.78, 5) is 15.4. The van der Waals surface area contributed by atoms with Crippen LogP contribution in [0.25, 0.3) is 11.3 Å². The second-order valence-corrected chi connectivity index (χ2v) is 9.06. The van der Waals surface area contributed by atoms with Crippen LogP contribution in [-0.4, -0.2) is 65.5 Å². The first-order valence-electron chi connectivity index (χ1n) is 12.5. The molecule has 0 spiro atoms. The number of aromatic nitrogens is 3. The molecule has 10 heteroatoms. The zero-order chi connectivity index (χ0) is 25.6. The fourth-order valence-electron chi connectivity index (χ4n) is 4.52. The van der Waals surface area contributed by atoms with E-state index in [0.717, 1.165) is 31.5 Å². The number of ether oxygens (including phenoxy) is 3. The van der Waals surface area contributed by atoms with Crippen LogP contribution >= 0.6 is 0 Å². The van der Waals surface area contributed by atoms with E-state index in [1.807, 2.05) is 13.0 Å². The average Bonchev–Trinajstić information content (AvgIpc) is 2.94. The number of pyridine rings is 1. The number of nitriles is 1. The van der Waals surface area contributed by atoms with Crippen molar-refractivity contribution in [2.45, 2.75) is 31.9 Å². The van der Waals surface area contributed by atoms with Crippen molar-refractivity contribution in [1.29, 1.82) is 5.26 Å². The summed E-state index contributed by atoms with van der Waals surface area (Å²) < 4.78 is 31.8. The fraction of sp³-hybridized carbons (Fsp3) is 0.407. The summed E-state index contributed by atoms with van der Waals surface area (Å²) in [6, 6.07) is 10.7. The third-order valence-electron chi connectivity index (χ3n) is 6.63. The Morgan fingerprint density at radius 2 is 1.89 bits per heavy atom. The molecule has 0 amide bonds. The van der Waals surface area contributed by atoms with Gasteiger partial charge in [-0.25, -0.2) is 14.4 Å². The van der Waals surface area contributed by atoms with Crippen molar-refractivity contribution in [2.24, 2.45) is 0 Å². The van der Waals surface area contributed by atoms with Crippen molar-refractivity contribution >= 4 is 11.6 Å². The predicted octanol–water partition coefficient (Wildman–Crippen LogP) is 4.24. The smallest absolute Gasteiger partial charge is 0.227 e. The highest BCUT2D eigenvalue weighted by molar-refractivity contribution is 5.65. The van der Waals surface area contributed by atoms with Crippen LogP contribution in [0.1, 0.15) is 37.1 Å². The van der Waals surface area contributed by atoms with E-state index < -0.39 is 0 Å². The third-order valence-corrected chi connectivity index (χ3v) is 6.63. The maximum Gasteiger partial charge on any atom is 0.227 e. The Morgan fingerprint density at radius 3 is 2.65 bits per heavy atom. The van der Waals surface area contributed by atoms with Crippen molar-refractivity contribution in [2.75, 3.05) is 44.8 Å². The summed E-state index contributed by atoms with van der Waals surface area (Å²) in [6.07, 6.45) is 4.84. The Kier molecular flexibility index (Phi) is 7.84. The van der Waals surface area contributed by atoms with Crippen molar-refractivity contribution in [3.63, 3.8) is 0 Å². The van der Waals surface area contributed by atoms with Gasteiger partial charge in [-0.05, 0) is 31.2 Å². The van der Waals surface area contributed by atoms with Crippen LogP contribution in [-0.2, 0) is 9.47 Å². The van der Waals surface area contributed by atoms with Gasteiger partial charge in [-0.15, -0.1) is 0 Å². The monoisotopic (exact) mass is 504 g/mol. The number of morpholine rings is 1. The summed E-state index contributed by atoms with van der Waals surface area (Å²) in [7, 11) is 0. The fourth-order valence-corrected chi connectivity index (χ4v) is 4.52. The molecule has 4 heterocycles. The summed E-state index contributed by atoms with van der Waals surface area (Å²) in [5, 5.41) is 12.7. The summed E-state index contributed by atoms with van der Waals surface area (Å²) in [5.41, 5.74) is 2.66. The quantitative estimate of drug-likeness (QED) is 0.506. The second kappa shape index (κ2) is 11.6. The van der Waals surface area contributed by atoms with Gasteiger partial charge < -0.3 is 19.5 Å². The Bertz CT molecular complexity index is 1270. The first kappa shape index (κ1) is 25.0. The number of halogens is 1. The molecular weight excluding hydrogens is 475 g/mol. The van der Waals surface area contributed by atoms with Crippen molar-refractivity contribution in [3.05, 3.63) is 59.8 Å². The van der Waals surface area contributed by atoms with Gasteiger partial charge in [0, 0.05) is 43.8 Å². The molecule has 2 aliphatic heterocycles. The van der Waals surface area contributed by atoms with Crippen LogP contribution in [0.5, 0.6) is 5.75 Å². The number of nitrogens with one attached hydrogen (secondary N) is 1. The maximum absolute atomic E-state index is 14.9. The number of nitrogens with zero attached hydrogens (tertiary/aromatic N) is 5. The van der Waals surface area contributed by atoms with Crippen LogP contribution in [0.2, 0.25) is 0 Å². The minimum atomic E-state index is -0.390. The third kappa shape index (κ3) is 6.02. The van der Waals surface area contributed by atoms with Gasteiger partial charge in [-0.1, -0.05) is 0 Å². The van der Waals surface area contributed by atoms with Crippen LogP contribution < -0.4 is 10.1 Å². The van der Waals surface area contributed by atoms with E-state index in [9.17, 15) is 9.65 Å². The average molecular weight is 505 g/mol. The molecule has 2 aromatic heterocycles. The van der Waals surface area contributed by atoms with Gasteiger partial charge in [-0.3, -0.25) is 9.88 Å². The zero-order valence-electron chi connectivity index (χ0n) is 20.7. The molecule has 1 N–H and O–H groups in total. The molecule has 0 radical (unpaired) electrons. The van der Waals surface area contributed by atoms with Gasteiger partial charge in [0.05, 0.1) is 61.3 Å². The molecule has 1 aromatic carbocycles. The Hall–Kier alpha value is -3.65. The molecule has 1 unspecified atom stereocenters. The highest BCUT2D eigenvalue weighted by Crippen LogP contribution is 2.29. The molecule has 2 aliphatic rings. The topological polar surface area (TPSA) is 105 Å². The van der Waals surface area contributed by atoms with Crippen molar-refractivity contribution < 1.29 is 18.6 Å². The molecule has 0 aliphatic carbocycles. The molecule has 192 valence electrons. The lowest BCUT2D eigenvalue weighted by Crippen LogP contribution is -2.38. The van der Waals surface area contributed by atoms with E-state index in [-0.39, 0.29) is 18.0 Å². The molecule has 0 bridgehead atoms. The van der Waals surface area contributed by atoms with E-state index in [1.165, 1.54) is 6.07 Å². The minimum absolute atomic E-state index is 0.0406. The Balaban J connectivity index is 1.30. The molecule has 37 heavy (non-hydrogen) atoms. The molecule has 3 aromatic rings. The predicted molar refractivity (Wildman–Crippen MR) is 135 cm³/mol. The van der Waals surface area contributed by atoms with Crippen LogP contribution in [0, 0.1) is 17.1 Å². The normalized spacial score (nSPS) is 17.6. The van der Waals surface area contributed by atoms with Gasteiger partial charge in [0.15, 0.2) is 0 Å². The van der Waals surface area contributed by atoms with Gasteiger partial charge in [0.1, 0.15) is 23.7 Å². The standard InChI is InChI=1S/C27H29FN6O3/c1-18(34-8-12-36-13-9-34)26-23(28)15-21(17-31-26)32-27-30-7-4-24(33-27)19-2-3-25(20(14-19)16-29)37-22-5-10-35-11-6-22/h2-4,7,14-15,17-18,22H,5-6,8-13H2,1H3,(H,30,32,33). The largest absolute Gasteiger partial charge is 0.489 e. The first-order chi connectivity index (χ1) is 18.1.